The molecular weight excluding hydrogens is 360 g/mol. The lowest BCUT2D eigenvalue weighted by Gasteiger charge is -2.05. The molecule has 5 nitrogen and oxygen atoms in total. The number of hydrogen-bond acceptors (Lipinski definition) is 4. The van der Waals surface area contributed by atoms with Crippen molar-refractivity contribution in [3.63, 3.8) is 0 Å². The predicted octanol–water partition coefficient (Wildman–Crippen LogP) is 3.53. The fourth-order valence-electron chi connectivity index (χ4n) is 1.89. The predicted molar refractivity (Wildman–Crippen MR) is 91.8 cm³/mol. The molecule has 0 aromatic heterocycles. The lowest BCUT2D eigenvalue weighted by molar-refractivity contribution is 0.0948. The van der Waals surface area contributed by atoms with Crippen LogP contribution in [0.3, 0.4) is 0 Å². The number of amides is 1. The molecule has 2 rings (SSSR count). The van der Waals surface area contributed by atoms with Crippen molar-refractivity contribution >= 4 is 33.3 Å². The molecule has 6 heteroatoms. The van der Waals surface area contributed by atoms with Gasteiger partial charge in [0.2, 0.25) is 0 Å². The van der Waals surface area contributed by atoms with Gasteiger partial charge in [0, 0.05) is 15.7 Å². The highest BCUT2D eigenvalue weighted by Gasteiger charge is 2.12. The quantitative estimate of drug-likeness (QED) is 0.477. The smallest absolute Gasteiger partial charge is 0.275 e. The van der Waals surface area contributed by atoms with E-state index < -0.39 is 5.91 Å². The lowest BCUT2D eigenvalue weighted by atomic mass is 10.1. The van der Waals surface area contributed by atoms with Crippen molar-refractivity contribution in [2.45, 2.75) is 13.3 Å². The number of rotatable bonds is 5. The van der Waals surface area contributed by atoms with Crippen LogP contribution in [0.4, 0.5) is 0 Å². The number of hydrogen-bond donors (Lipinski definition) is 2. The molecular formula is C17H15BrN2O3. The van der Waals surface area contributed by atoms with Crippen LogP contribution in [-0.4, -0.2) is 22.5 Å². The number of phenolic OH excluding ortho intramolecular Hbond substituents is 1. The lowest BCUT2D eigenvalue weighted by Crippen LogP contribution is -2.20. The monoisotopic (exact) mass is 374 g/mol. The van der Waals surface area contributed by atoms with Gasteiger partial charge in [0.05, 0.1) is 12.0 Å². The van der Waals surface area contributed by atoms with Gasteiger partial charge < -0.3 is 5.11 Å². The number of benzene rings is 2. The van der Waals surface area contributed by atoms with Crippen molar-refractivity contribution < 1.29 is 14.7 Å². The number of aromatic hydroxyl groups is 1. The van der Waals surface area contributed by atoms with Gasteiger partial charge in [0.1, 0.15) is 5.75 Å². The Kier molecular flexibility index (Phi) is 5.65. The van der Waals surface area contributed by atoms with Gasteiger partial charge in [-0.25, -0.2) is 5.43 Å². The fraction of sp³-hybridized carbons (Fsp3) is 0.118. The highest BCUT2D eigenvalue weighted by molar-refractivity contribution is 9.10. The molecule has 2 aromatic rings. The molecule has 0 saturated heterocycles. The second-order valence-corrected chi connectivity index (χ2v) is 5.83. The van der Waals surface area contributed by atoms with Crippen LogP contribution in [0.15, 0.2) is 58.1 Å². The van der Waals surface area contributed by atoms with Crippen molar-refractivity contribution in [2.24, 2.45) is 5.10 Å². The van der Waals surface area contributed by atoms with Crippen molar-refractivity contribution in [3.05, 3.63) is 64.1 Å². The van der Waals surface area contributed by atoms with Gasteiger partial charge >= 0.3 is 0 Å². The van der Waals surface area contributed by atoms with E-state index in [0.717, 1.165) is 0 Å². The van der Waals surface area contributed by atoms with Crippen molar-refractivity contribution in [1.82, 2.24) is 5.43 Å². The number of hydrazone groups is 1. The van der Waals surface area contributed by atoms with E-state index in [0.29, 0.717) is 15.7 Å². The van der Waals surface area contributed by atoms with Crippen molar-refractivity contribution in [1.29, 1.82) is 0 Å². The summed E-state index contributed by atoms with van der Waals surface area (Å²) in [6.07, 6.45) is 0.106. The molecule has 2 aromatic carbocycles. The first-order chi connectivity index (χ1) is 11.0. The molecule has 0 heterocycles. The highest BCUT2D eigenvalue weighted by Crippen LogP contribution is 2.21. The normalized spacial score (nSPS) is 11.1. The minimum absolute atomic E-state index is 0.0774. The number of nitrogens with one attached hydrogen (secondary N) is 1. The van der Waals surface area contributed by atoms with Gasteiger partial charge in [-0.3, -0.25) is 9.59 Å². The average Bonchev–Trinajstić information content (AvgIpc) is 2.55. The Morgan fingerprint density at radius 1 is 1.17 bits per heavy atom. The fourth-order valence-corrected chi connectivity index (χ4v) is 2.26. The molecule has 0 saturated carbocycles. The summed E-state index contributed by atoms with van der Waals surface area (Å²) in [7, 11) is 0. The zero-order valence-electron chi connectivity index (χ0n) is 12.4. The molecule has 2 N–H and O–H groups in total. The first-order valence-corrected chi connectivity index (χ1v) is 7.67. The Hall–Kier alpha value is -2.47. The second-order valence-electron chi connectivity index (χ2n) is 4.92. The maximum Gasteiger partial charge on any atom is 0.275 e. The van der Waals surface area contributed by atoms with Crippen LogP contribution in [0, 0.1) is 0 Å². The van der Waals surface area contributed by atoms with Gasteiger partial charge in [-0.05, 0) is 25.1 Å². The van der Waals surface area contributed by atoms with E-state index in [2.05, 4.69) is 26.5 Å². The summed E-state index contributed by atoms with van der Waals surface area (Å²) in [5.74, 6) is -0.763. The average molecular weight is 375 g/mol. The van der Waals surface area contributed by atoms with Crippen molar-refractivity contribution in [3.8, 4) is 5.75 Å². The molecule has 0 unspecified atom stereocenters. The number of carbonyl (C=O) groups is 2. The Morgan fingerprint density at radius 3 is 2.57 bits per heavy atom. The third-order valence-electron chi connectivity index (χ3n) is 3.06. The standard InChI is InChI=1S/C17H15BrN2O3/c1-11(9-16(22)12-5-3-2-4-6-12)19-20-17(23)14-10-13(18)7-8-15(14)21/h2-8,10,21H,9H2,1H3,(H,20,23)/b19-11+. The van der Waals surface area contributed by atoms with E-state index in [-0.39, 0.29) is 23.5 Å². The Morgan fingerprint density at radius 2 is 1.87 bits per heavy atom. The van der Waals surface area contributed by atoms with Crippen LogP contribution in [0.1, 0.15) is 34.1 Å². The zero-order valence-corrected chi connectivity index (χ0v) is 14.0. The summed E-state index contributed by atoms with van der Waals surface area (Å²) >= 11 is 3.23. The SMILES string of the molecule is C/C(CC(=O)c1ccccc1)=N\NC(=O)c1cc(Br)ccc1O. The van der Waals surface area contributed by atoms with Crippen LogP contribution >= 0.6 is 15.9 Å². The summed E-state index contributed by atoms with van der Waals surface area (Å²) in [4.78, 5) is 24.0. The topological polar surface area (TPSA) is 78.8 Å². The molecule has 23 heavy (non-hydrogen) atoms. The Balaban J connectivity index is 2.00. The molecule has 118 valence electrons. The van der Waals surface area contributed by atoms with E-state index in [1.165, 1.54) is 12.1 Å². The molecule has 0 aliphatic heterocycles. The van der Waals surface area contributed by atoms with Crippen molar-refractivity contribution in [2.75, 3.05) is 0 Å². The largest absolute Gasteiger partial charge is 0.507 e. The number of halogens is 1. The second kappa shape index (κ2) is 7.69. The Bertz CT molecular complexity index is 758. The summed E-state index contributed by atoms with van der Waals surface area (Å²) in [5, 5.41) is 13.6. The highest BCUT2D eigenvalue weighted by atomic mass is 79.9. The Labute approximate surface area is 142 Å². The summed E-state index contributed by atoms with van der Waals surface area (Å²) in [5.41, 5.74) is 3.51. The maximum atomic E-state index is 12.0. The van der Waals surface area contributed by atoms with E-state index in [1.54, 1.807) is 37.3 Å². The van der Waals surface area contributed by atoms with Gasteiger partial charge in [0.15, 0.2) is 5.78 Å². The minimum atomic E-state index is -0.546. The van der Waals surface area contributed by atoms with Gasteiger partial charge in [-0.15, -0.1) is 0 Å². The number of carbonyl (C=O) groups excluding carboxylic acids is 2. The molecule has 0 bridgehead atoms. The van der Waals surface area contributed by atoms with Crippen LogP contribution in [0.2, 0.25) is 0 Å². The third kappa shape index (κ3) is 4.75. The van der Waals surface area contributed by atoms with E-state index in [4.69, 9.17) is 0 Å². The molecule has 0 spiro atoms. The minimum Gasteiger partial charge on any atom is -0.507 e. The van der Waals surface area contributed by atoms with Crippen LogP contribution in [-0.2, 0) is 0 Å². The van der Waals surface area contributed by atoms with Gasteiger partial charge in [-0.2, -0.15) is 5.10 Å². The van der Waals surface area contributed by atoms with E-state index >= 15 is 0 Å². The maximum absolute atomic E-state index is 12.0. The number of nitrogens with zero attached hydrogens (tertiary/aromatic N) is 1. The molecule has 0 fully saturated rings. The number of Topliss-reactive ketones (excluding diaryl/α,β-unsaturated/α-hetero) is 1. The molecule has 0 atom stereocenters. The first kappa shape index (κ1) is 16.9. The first-order valence-electron chi connectivity index (χ1n) is 6.87. The van der Waals surface area contributed by atoms with Crippen LogP contribution in [0.5, 0.6) is 5.75 Å². The molecule has 0 aliphatic carbocycles. The van der Waals surface area contributed by atoms with Gasteiger partial charge in [0.25, 0.3) is 5.91 Å². The third-order valence-corrected chi connectivity index (χ3v) is 3.56. The number of ketones is 1. The molecule has 1 amide bonds. The summed E-state index contributed by atoms with van der Waals surface area (Å²) in [6, 6.07) is 13.4. The number of phenols is 1. The summed E-state index contributed by atoms with van der Waals surface area (Å²) in [6.45, 7) is 1.65. The molecule has 0 radical (unpaired) electrons. The van der Waals surface area contributed by atoms with Crippen LogP contribution in [0.25, 0.3) is 0 Å². The van der Waals surface area contributed by atoms with Crippen LogP contribution < -0.4 is 5.43 Å². The van der Waals surface area contributed by atoms with E-state index in [9.17, 15) is 14.7 Å². The van der Waals surface area contributed by atoms with E-state index in [1.807, 2.05) is 6.07 Å². The summed E-state index contributed by atoms with van der Waals surface area (Å²) < 4.78 is 0.667. The zero-order chi connectivity index (χ0) is 16.8. The molecule has 0 aliphatic rings. The van der Waals surface area contributed by atoms with Gasteiger partial charge in [-0.1, -0.05) is 46.3 Å².